The van der Waals surface area contributed by atoms with Crippen LogP contribution in [-0.4, -0.2) is 15.8 Å². The molecule has 3 rings (SSSR count). The van der Waals surface area contributed by atoms with Crippen LogP contribution in [0.15, 0.2) is 18.2 Å². The second-order valence-electron chi connectivity index (χ2n) is 4.07. The van der Waals surface area contributed by atoms with E-state index in [9.17, 15) is 4.39 Å². The molecule has 4 heteroatoms. The van der Waals surface area contributed by atoms with Crippen molar-refractivity contribution in [1.82, 2.24) is 9.78 Å². The van der Waals surface area contributed by atoms with Crippen molar-refractivity contribution >= 4 is 16.7 Å². The molecule has 78 valence electrons. The van der Waals surface area contributed by atoms with Crippen molar-refractivity contribution in [2.24, 2.45) is 0 Å². The zero-order valence-corrected chi connectivity index (χ0v) is 8.50. The highest BCUT2D eigenvalue weighted by Crippen LogP contribution is 2.27. The molecule has 0 fully saturated rings. The third kappa shape index (κ3) is 1.28. The highest BCUT2D eigenvalue weighted by Gasteiger charge is 2.18. The van der Waals surface area contributed by atoms with Crippen LogP contribution in [0.1, 0.15) is 13.3 Å². The van der Waals surface area contributed by atoms with Crippen LogP contribution in [0.4, 0.5) is 10.2 Å². The van der Waals surface area contributed by atoms with Gasteiger partial charge in [-0.2, -0.15) is 5.10 Å². The number of hydrogen-bond donors (Lipinski definition) is 1. The molecule has 2 heterocycles. The van der Waals surface area contributed by atoms with Crippen LogP contribution in [0.2, 0.25) is 0 Å². The van der Waals surface area contributed by atoms with E-state index < -0.39 is 0 Å². The van der Waals surface area contributed by atoms with E-state index >= 15 is 0 Å². The van der Waals surface area contributed by atoms with Gasteiger partial charge in [-0.1, -0.05) is 0 Å². The number of halogens is 1. The normalized spacial score (nSPS) is 20.0. The number of aromatic nitrogens is 2. The van der Waals surface area contributed by atoms with Gasteiger partial charge in [-0.25, -0.2) is 9.07 Å². The van der Waals surface area contributed by atoms with Crippen LogP contribution in [0, 0.1) is 5.82 Å². The lowest BCUT2D eigenvalue weighted by atomic mass is 10.2. The molecule has 1 N–H and O–H groups in total. The number of nitrogens with one attached hydrogen (secondary N) is 1. The fourth-order valence-corrected chi connectivity index (χ4v) is 2.04. The number of benzene rings is 1. The summed E-state index contributed by atoms with van der Waals surface area (Å²) in [6.07, 6.45) is 1.06. The first-order valence-electron chi connectivity index (χ1n) is 5.16. The van der Waals surface area contributed by atoms with Gasteiger partial charge >= 0.3 is 0 Å². The van der Waals surface area contributed by atoms with Crippen molar-refractivity contribution < 1.29 is 4.39 Å². The molecule has 0 saturated carbocycles. The van der Waals surface area contributed by atoms with E-state index in [1.807, 2.05) is 4.68 Å². The van der Waals surface area contributed by atoms with E-state index in [-0.39, 0.29) is 5.82 Å². The topological polar surface area (TPSA) is 29.9 Å². The maximum atomic E-state index is 13.0. The summed E-state index contributed by atoms with van der Waals surface area (Å²) in [6.45, 7) is 3.05. The number of nitrogens with zero attached hydrogens (tertiary/aromatic N) is 2. The summed E-state index contributed by atoms with van der Waals surface area (Å²) in [7, 11) is 0. The Bertz CT molecular complexity index is 518. The zero-order chi connectivity index (χ0) is 10.4. The quantitative estimate of drug-likeness (QED) is 0.715. The van der Waals surface area contributed by atoms with E-state index in [2.05, 4.69) is 17.3 Å². The fraction of sp³-hybridized carbons (Fsp3) is 0.364. The maximum Gasteiger partial charge on any atom is 0.132 e. The summed E-state index contributed by atoms with van der Waals surface area (Å²) in [4.78, 5) is 0. The van der Waals surface area contributed by atoms with Gasteiger partial charge in [-0.15, -0.1) is 0 Å². The Hall–Kier alpha value is -1.58. The Morgan fingerprint density at radius 2 is 2.40 bits per heavy atom. The minimum Gasteiger partial charge on any atom is -0.367 e. The SMILES string of the molecule is CC1CCn2nc3cc(F)ccc3c2N1. The Kier molecular flexibility index (Phi) is 1.71. The molecule has 1 aromatic carbocycles. The predicted octanol–water partition coefficient (Wildman–Crippen LogP) is 2.38. The number of rotatable bonds is 0. The minimum atomic E-state index is -0.231. The Morgan fingerprint density at radius 3 is 3.27 bits per heavy atom. The molecule has 1 aliphatic rings. The molecule has 2 aromatic rings. The molecule has 0 saturated heterocycles. The number of fused-ring (bicyclic) bond motifs is 3. The van der Waals surface area contributed by atoms with Crippen LogP contribution in [-0.2, 0) is 6.54 Å². The van der Waals surface area contributed by atoms with Crippen LogP contribution >= 0.6 is 0 Å². The fourth-order valence-electron chi connectivity index (χ4n) is 2.04. The van der Waals surface area contributed by atoms with Crippen LogP contribution in [0.3, 0.4) is 0 Å². The molecule has 1 aromatic heterocycles. The third-order valence-electron chi connectivity index (χ3n) is 2.86. The molecule has 1 atom stereocenters. The van der Waals surface area contributed by atoms with Gasteiger partial charge in [0.15, 0.2) is 0 Å². The average molecular weight is 205 g/mol. The van der Waals surface area contributed by atoms with Crippen molar-refractivity contribution in [3.63, 3.8) is 0 Å². The smallest absolute Gasteiger partial charge is 0.132 e. The first-order valence-corrected chi connectivity index (χ1v) is 5.16. The number of hydrogen-bond acceptors (Lipinski definition) is 2. The molecule has 1 unspecified atom stereocenters. The second-order valence-corrected chi connectivity index (χ2v) is 4.07. The maximum absolute atomic E-state index is 13.0. The molecule has 15 heavy (non-hydrogen) atoms. The van der Waals surface area contributed by atoms with E-state index in [1.54, 1.807) is 6.07 Å². The minimum absolute atomic E-state index is 0.231. The summed E-state index contributed by atoms with van der Waals surface area (Å²) < 4.78 is 14.9. The first-order chi connectivity index (χ1) is 7.24. The molecule has 3 nitrogen and oxygen atoms in total. The van der Waals surface area contributed by atoms with Gasteiger partial charge in [-0.3, -0.25) is 0 Å². The monoisotopic (exact) mass is 205 g/mol. The lowest BCUT2D eigenvalue weighted by molar-refractivity contribution is 0.515. The molecule has 1 aliphatic heterocycles. The summed E-state index contributed by atoms with van der Waals surface area (Å²) in [6, 6.07) is 5.20. The lowest BCUT2D eigenvalue weighted by Gasteiger charge is -2.22. The molecule has 0 radical (unpaired) electrons. The summed E-state index contributed by atoms with van der Waals surface area (Å²) >= 11 is 0. The van der Waals surface area contributed by atoms with Gasteiger partial charge in [0.1, 0.15) is 11.6 Å². The van der Waals surface area contributed by atoms with Gasteiger partial charge in [0.2, 0.25) is 0 Å². The van der Waals surface area contributed by atoms with Gasteiger partial charge in [0, 0.05) is 24.0 Å². The van der Waals surface area contributed by atoms with E-state index in [1.165, 1.54) is 12.1 Å². The molecular formula is C11H12FN3. The largest absolute Gasteiger partial charge is 0.367 e. The molecule has 0 aliphatic carbocycles. The van der Waals surface area contributed by atoms with Crippen LogP contribution < -0.4 is 5.32 Å². The van der Waals surface area contributed by atoms with Crippen molar-refractivity contribution in [1.29, 1.82) is 0 Å². The Morgan fingerprint density at radius 1 is 1.53 bits per heavy atom. The van der Waals surface area contributed by atoms with Crippen molar-refractivity contribution in [3.8, 4) is 0 Å². The molecule has 0 bridgehead atoms. The Balaban J connectivity index is 2.24. The summed E-state index contributed by atoms with van der Waals surface area (Å²) in [5.74, 6) is 0.787. The van der Waals surface area contributed by atoms with Crippen molar-refractivity contribution in [3.05, 3.63) is 24.0 Å². The third-order valence-corrected chi connectivity index (χ3v) is 2.86. The van der Waals surface area contributed by atoms with E-state index in [0.29, 0.717) is 6.04 Å². The number of aryl methyl sites for hydroxylation is 1. The molecule has 0 amide bonds. The summed E-state index contributed by atoms with van der Waals surface area (Å²) in [5, 5.41) is 8.75. The average Bonchev–Trinajstić information content (AvgIpc) is 2.54. The zero-order valence-electron chi connectivity index (χ0n) is 8.50. The standard InChI is InChI=1S/C11H12FN3/c1-7-4-5-15-11(13-7)9-3-2-8(12)6-10(9)14-15/h2-3,6-7,13H,4-5H2,1H3. The van der Waals surface area contributed by atoms with Gasteiger partial charge in [0.25, 0.3) is 0 Å². The highest BCUT2D eigenvalue weighted by molar-refractivity contribution is 5.90. The van der Waals surface area contributed by atoms with E-state index in [0.717, 1.165) is 29.7 Å². The lowest BCUT2D eigenvalue weighted by Crippen LogP contribution is -2.25. The first kappa shape index (κ1) is 8.71. The summed E-state index contributed by atoms with van der Waals surface area (Å²) in [5.41, 5.74) is 0.728. The highest BCUT2D eigenvalue weighted by atomic mass is 19.1. The van der Waals surface area contributed by atoms with Crippen LogP contribution in [0.25, 0.3) is 10.9 Å². The van der Waals surface area contributed by atoms with Crippen LogP contribution in [0.5, 0.6) is 0 Å². The molecule has 0 spiro atoms. The van der Waals surface area contributed by atoms with Gasteiger partial charge < -0.3 is 5.32 Å². The van der Waals surface area contributed by atoms with Crippen molar-refractivity contribution in [2.45, 2.75) is 25.9 Å². The second kappa shape index (κ2) is 2.95. The molecular weight excluding hydrogens is 193 g/mol. The predicted molar refractivity (Wildman–Crippen MR) is 57.4 cm³/mol. The van der Waals surface area contributed by atoms with E-state index in [4.69, 9.17) is 0 Å². The number of anilines is 1. The van der Waals surface area contributed by atoms with Gasteiger partial charge in [-0.05, 0) is 25.5 Å². The Labute approximate surface area is 86.9 Å². The van der Waals surface area contributed by atoms with Crippen molar-refractivity contribution in [2.75, 3.05) is 5.32 Å². The van der Waals surface area contributed by atoms with Gasteiger partial charge in [0.05, 0.1) is 5.52 Å².